The second kappa shape index (κ2) is 6.62. The number of rotatable bonds is 4. The van der Waals surface area contributed by atoms with Gasteiger partial charge in [-0.25, -0.2) is 9.19 Å². The van der Waals surface area contributed by atoms with E-state index in [-0.39, 0.29) is 5.75 Å². The minimum absolute atomic E-state index is 0.00971. The van der Waals surface area contributed by atoms with Gasteiger partial charge < -0.3 is 4.55 Å². The van der Waals surface area contributed by atoms with Crippen LogP contribution in [0.15, 0.2) is 48.9 Å². The first-order valence-corrected chi connectivity index (χ1v) is 8.52. The predicted molar refractivity (Wildman–Crippen MR) is 91.0 cm³/mol. The first-order chi connectivity index (χ1) is 11.0. The molecule has 1 atom stereocenters. The molecular formula is C16H14ClN3O2S. The maximum absolute atomic E-state index is 10.8. The smallest absolute Gasteiger partial charge is 0.158 e. The molecule has 3 rings (SSSR count). The molecular weight excluding hydrogens is 334 g/mol. The van der Waals surface area contributed by atoms with E-state index in [0.29, 0.717) is 10.8 Å². The average Bonchev–Trinajstić information content (AvgIpc) is 2.90. The molecule has 0 aliphatic carbocycles. The molecule has 0 amide bonds. The molecule has 0 saturated carbocycles. The molecule has 2 heterocycles. The van der Waals surface area contributed by atoms with Gasteiger partial charge in [-0.1, -0.05) is 41.4 Å². The highest BCUT2D eigenvalue weighted by Crippen LogP contribution is 2.29. The molecule has 0 fully saturated rings. The van der Waals surface area contributed by atoms with Crippen molar-refractivity contribution in [1.29, 1.82) is 0 Å². The van der Waals surface area contributed by atoms with Crippen molar-refractivity contribution in [3.05, 3.63) is 65.3 Å². The summed E-state index contributed by atoms with van der Waals surface area (Å²) in [6.07, 6.45) is 3.27. The van der Waals surface area contributed by atoms with Gasteiger partial charge in [0.15, 0.2) is 16.2 Å². The Kier molecular flexibility index (Phi) is 4.56. The number of benzene rings is 1. The molecule has 1 N–H and O–H groups in total. The summed E-state index contributed by atoms with van der Waals surface area (Å²) in [7, 11) is 0. The van der Waals surface area contributed by atoms with Crippen LogP contribution in [0, 0.1) is 6.92 Å². The summed E-state index contributed by atoms with van der Waals surface area (Å²) in [5.41, 5.74) is 4.25. The van der Waals surface area contributed by atoms with Gasteiger partial charge in [0, 0.05) is 5.56 Å². The number of imidazole rings is 1. The van der Waals surface area contributed by atoms with Gasteiger partial charge in [-0.3, -0.25) is 9.55 Å². The molecule has 0 radical (unpaired) electrons. The molecule has 1 unspecified atom stereocenters. The molecule has 3 aromatic rings. The van der Waals surface area contributed by atoms with E-state index >= 15 is 0 Å². The fourth-order valence-corrected chi connectivity index (χ4v) is 2.93. The Morgan fingerprint density at radius 2 is 1.91 bits per heavy atom. The van der Waals surface area contributed by atoms with E-state index in [0.717, 1.165) is 16.9 Å². The third-order valence-corrected chi connectivity index (χ3v) is 4.23. The Balaban J connectivity index is 2.01. The summed E-state index contributed by atoms with van der Waals surface area (Å²) in [5.74, 6) is 0.00971. The van der Waals surface area contributed by atoms with E-state index in [1.807, 2.05) is 41.8 Å². The molecule has 0 aliphatic rings. The molecule has 0 aliphatic heterocycles. The quantitative estimate of drug-likeness (QED) is 0.732. The number of halogens is 1. The van der Waals surface area contributed by atoms with Crippen LogP contribution in [0.2, 0.25) is 5.15 Å². The van der Waals surface area contributed by atoms with Crippen LogP contribution in [-0.2, 0) is 16.8 Å². The highest BCUT2D eigenvalue weighted by molar-refractivity contribution is 7.78. The van der Waals surface area contributed by atoms with Gasteiger partial charge in [0.25, 0.3) is 0 Å². The highest BCUT2D eigenvalue weighted by Gasteiger charge is 2.13. The molecule has 23 heavy (non-hydrogen) atoms. The van der Waals surface area contributed by atoms with Crippen molar-refractivity contribution in [2.75, 3.05) is 0 Å². The van der Waals surface area contributed by atoms with E-state index in [9.17, 15) is 4.21 Å². The Morgan fingerprint density at radius 3 is 2.52 bits per heavy atom. The first kappa shape index (κ1) is 15.9. The Bertz CT molecular complexity index is 845. The lowest BCUT2D eigenvalue weighted by Crippen LogP contribution is -2.00. The summed E-state index contributed by atoms with van der Waals surface area (Å²) < 4.78 is 21.6. The second-order valence-corrected chi connectivity index (χ2v) is 6.38. The van der Waals surface area contributed by atoms with Crippen molar-refractivity contribution in [2.45, 2.75) is 12.7 Å². The van der Waals surface area contributed by atoms with Gasteiger partial charge in [0.05, 0.1) is 29.0 Å². The number of pyridine rings is 1. The van der Waals surface area contributed by atoms with Crippen LogP contribution in [0.25, 0.3) is 16.9 Å². The monoisotopic (exact) mass is 347 g/mol. The normalized spacial score (nSPS) is 12.3. The zero-order valence-electron chi connectivity index (χ0n) is 12.3. The lowest BCUT2D eigenvalue weighted by Gasteiger charge is -2.09. The summed E-state index contributed by atoms with van der Waals surface area (Å²) in [4.78, 5) is 8.38. The lowest BCUT2D eigenvalue weighted by atomic mass is 10.1. The number of hydrogen-bond donors (Lipinski definition) is 1. The Morgan fingerprint density at radius 1 is 1.17 bits per heavy atom. The summed E-state index contributed by atoms with van der Waals surface area (Å²) in [5, 5.41) is 0.411. The standard InChI is InChI=1S/C16H14ClN3O2S/c1-11-2-4-12(5-3-11)15-16(17)19-10-20(15)14-7-6-13(18-8-14)9-23(21)22/h2-8,10H,9H2,1H3,(H,21,22). The first-order valence-electron chi connectivity index (χ1n) is 6.87. The van der Waals surface area contributed by atoms with Gasteiger partial charge >= 0.3 is 0 Å². The Hall–Kier alpha value is -2.02. The average molecular weight is 348 g/mol. The van der Waals surface area contributed by atoms with Crippen LogP contribution in [0.1, 0.15) is 11.3 Å². The van der Waals surface area contributed by atoms with E-state index < -0.39 is 11.1 Å². The molecule has 5 nitrogen and oxygen atoms in total. The maximum Gasteiger partial charge on any atom is 0.158 e. The summed E-state index contributed by atoms with van der Waals surface area (Å²) >= 11 is 4.34. The Labute approximate surface area is 141 Å². The molecule has 0 saturated heterocycles. The van der Waals surface area contributed by atoms with Crippen molar-refractivity contribution in [3.63, 3.8) is 0 Å². The van der Waals surface area contributed by atoms with E-state index in [1.54, 1.807) is 18.6 Å². The fraction of sp³-hybridized carbons (Fsp3) is 0.125. The maximum atomic E-state index is 10.8. The zero-order valence-corrected chi connectivity index (χ0v) is 13.9. The van der Waals surface area contributed by atoms with E-state index in [4.69, 9.17) is 16.2 Å². The minimum atomic E-state index is -1.90. The second-order valence-electron chi connectivity index (χ2n) is 5.09. The summed E-state index contributed by atoms with van der Waals surface area (Å²) in [6, 6.07) is 11.6. The zero-order chi connectivity index (χ0) is 16.4. The predicted octanol–water partition coefficient (Wildman–Crippen LogP) is 3.62. The largest absolute Gasteiger partial charge is 0.306 e. The van der Waals surface area contributed by atoms with Crippen molar-refractivity contribution >= 4 is 22.7 Å². The van der Waals surface area contributed by atoms with E-state index in [2.05, 4.69) is 9.97 Å². The minimum Gasteiger partial charge on any atom is -0.306 e. The molecule has 0 bridgehead atoms. The molecule has 2 aromatic heterocycles. The third kappa shape index (κ3) is 3.50. The topological polar surface area (TPSA) is 68.0 Å². The van der Waals surface area contributed by atoms with Gasteiger partial charge in [-0.05, 0) is 19.1 Å². The lowest BCUT2D eigenvalue weighted by molar-refractivity contribution is 0.563. The van der Waals surface area contributed by atoms with Gasteiger partial charge in [0.1, 0.15) is 6.33 Å². The molecule has 1 aromatic carbocycles. The van der Waals surface area contributed by atoms with Gasteiger partial charge in [0.2, 0.25) is 0 Å². The van der Waals surface area contributed by atoms with Crippen molar-refractivity contribution < 1.29 is 8.76 Å². The highest BCUT2D eigenvalue weighted by atomic mass is 35.5. The van der Waals surface area contributed by atoms with Crippen LogP contribution in [0.5, 0.6) is 0 Å². The van der Waals surface area contributed by atoms with Crippen molar-refractivity contribution in [3.8, 4) is 16.9 Å². The van der Waals surface area contributed by atoms with Crippen LogP contribution in [0.4, 0.5) is 0 Å². The summed E-state index contributed by atoms with van der Waals surface area (Å²) in [6.45, 7) is 2.02. The van der Waals surface area contributed by atoms with Crippen LogP contribution < -0.4 is 0 Å². The number of aryl methyl sites for hydroxylation is 1. The van der Waals surface area contributed by atoms with E-state index in [1.165, 1.54) is 5.56 Å². The number of hydrogen-bond acceptors (Lipinski definition) is 3. The van der Waals surface area contributed by atoms with Gasteiger partial charge in [-0.2, -0.15) is 0 Å². The number of aromatic nitrogens is 3. The van der Waals surface area contributed by atoms with Gasteiger partial charge in [-0.15, -0.1) is 0 Å². The molecule has 7 heteroatoms. The molecule has 118 valence electrons. The SMILES string of the molecule is Cc1ccc(-c2c(Cl)ncn2-c2ccc(CS(=O)O)nc2)cc1. The van der Waals surface area contributed by atoms with Crippen molar-refractivity contribution in [1.82, 2.24) is 14.5 Å². The van der Waals surface area contributed by atoms with Crippen molar-refractivity contribution in [2.24, 2.45) is 0 Å². The molecule has 0 spiro atoms. The fourth-order valence-electron chi connectivity index (χ4n) is 2.26. The number of nitrogens with zero attached hydrogens (tertiary/aromatic N) is 3. The van der Waals surface area contributed by atoms with Crippen LogP contribution >= 0.6 is 11.6 Å². The van der Waals surface area contributed by atoms with Crippen LogP contribution in [-0.4, -0.2) is 23.3 Å². The van der Waals surface area contributed by atoms with Crippen LogP contribution in [0.3, 0.4) is 0 Å². The third-order valence-electron chi connectivity index (χ3n) is 3.41.